The summed E-state index contributed by atoms with van der Waals surface area (Å²) in [5, 5.41) is 2.94. The first-order valence-electron chi connectivity index (χ1n) is 8.40. The van der Waals surface area contributed by atoms with Gasteiger partial charge in [0.05, 0.1) is 27.8 Å². The van der Waals surface area contributed by atoms with Crippen molar-refractivity contribution in [3.05, 3.63) is 53.6 Å². The van der Waals surface area contributed by atoms with E-state index in [2.05, 4.69) is 5.32 Å². The number of hydrogen-bond donors (Lipinski definition) is 2. The molecule has 0 saturated heterocycles. The minimum atomic E-state index is 0.0219. The van der Waals surface area contributed by atoms with Crippen molar-refractivity contribution in [1.29, 1.82) is 0 Å². The Kier molecular flexibility index (Phi) is 6.83. The van der Waals surface area contributed by atoms with Crippen molar-refractivity contribution in [2.75, 3.05) is 39.7 Å². The maximum atomic E-state index is 12.1. The first-order chi connectivity index (χ1) is 12.0. The second-order valence-corrected chi connectivity index (χ2v) is 6.24. The number of aryl methyl sites for hydroxylation is 1. The fourth-order valence-corrected chi connectivity index (χ4v) is 2.60. The topological polar surface area (TPSA) is 52.0 Å². The van der Waals surface area contributed by atoms with E-state index in [1.807, 2.05) is 56.4 Å². The quantitative estimate of drug-likeness (QED) is 0.767. The molecular weight excluding hydrogens is 316 g/mol. The van der Waals surface area contributed by atoms with Crippen LogP contribution >= 0.6 is 0 Å². The van der Waals surface area contributed by atoms with Gasteiger partial charge in [-0.25, -0.2) is 0 Å². The van der Waals surface area contributed by atoms with Crippen LogP contribution in [0.25, 0.3) is 0 Å². The number of hydrogen-bond acceptors (Lipinski definition) is 3. The Hall–Kier alpha value is -2.53. The Bertz CT molecular complexity index is 699. The molecule has 134 valence electrons. The summed E-state index contributed by atoms with van der Waals surface area (Å²) in [6.45, 7) is 3.32. The molecule has 1 unspecified atom stereocenters. The standard InChI is InChI=1S/C20H26N2O3/c1-15-5-8-17(9-6-15)21-20(23)14-22(2)12-11-16-7-10-18(24-3)19(13-16)25-4/h5-10,13H,11-12,14H2,1-4H3,(H,21,23)/p+1. The predicted molar refractivity (Wildman–Crippen MR) is 99.7 cm³/mol. The van der Waals surface area contributed by atoms with Crippen molar-refractivity contribution in [3.63, 3.8) is 0 Å². The Morgan fingerprint density at radius 2 is 1.72 bits per heavy atom. The average molecular weight is 343 g/mol. The predicted octanol–water partition coefficient (Wildman–Crippen LogP) is 1.71. The van der Waals surface area contributed by atoms with Gasteiger partial charge in [-0.05, 0) is 36.8 Å². The second kappa shape index (κ2) is 9.08. The number of nitrogens with one attached hydrogen (secondary N) is 2. The van der Waals surface area contributed by atoms with Crippen LogP contribution in [0.4, 0.5) is 5.69 Å². The molecule has 1 amide bonds. The Morgan fingerprint density at radius 1 is 1.04 bits per heavy atom. The molecule has 0 heterocycles. The lowest BCUT2D eigenvalue weighted by Crippen LogP contribution is -3.10. The molecule has 0 aromatic heterocycles. The van der Waals surface area contributed by atoms with Crippen molar-refractivity contribution in [3.8, 4) is 11.5 Å². The smallest absolute Gasteiger partial charge is 0.279 e. The molecule has 0 spiro atoms. The minimum Gasteiger partial charge on any atom is -0.493 e. The first kappa shape index (κ1) is 18.8. The van der Waals surface area contributed by atoms with Crippen LogP contribution in [0.3, 0.4) is 0 Å². The number of methoxy groups -OCH3 is 2. The summed E-state index contributed by atoms with van der Waals surface area (Å²) >= 11 is 0. The molecule has 1 atom stereocenters. The number of quaternary nitrogens is 1. The third kappa shape index (κ3) is 5.80. The number of anilines is 1. The molecule has 25 heavy (non-hydrogen) atoms. The third-order valence-corrected chi connectivity index (χ3v) is 4.09. The van der Waals surface area contributed by atoms with E-state index in [0.717, 1.165) is 40.6 Å². The van der Waals surface area contributed by atoms with Crippen LogP contribution in [0.15, 0.2) is 42.5 Å². The van der Waals surface area contributed by atoms with Crippen molar-refractivity contribution in [2.24, 2.45) is 0 Å². The summed E-state index contributed by atoms with van der Waals surface area (Å²) < 4.78 is 10.6. The van der Waals surface area contributed by atoms with Crippen molar-refractivity contribution in [1.82, 2.24) is 0 Å². The Balaban J connectivity index is 1.82. The average Bonchev–Trinajstić information content (AvgIpc) is 2.61. The summed E-state index contributed by atoms with van der Waals surface area (Å²) in [5.41, 5.74) is 3.18. The van der Waals surface area contributed by atoms with Gasteiger partial charge in [0.15, 0.2) is 18.0 Å². The number of ether oxygens (including phenoxy) is 2. The molecule has 0 aliphatic carbocycles. The molecule has 0 aliphatic heterocycles. The van der Waals surface area contributed by atoms with E-state index in [-0.39, 0.29) is 5.91 Å². The summed E-state index contributed by atoms with van der Waals surface area (Å²) in [5.74, 6) is 1.48. The normalized spacial score (nSPS) is 11.7. The zero-order valence-electron chi connectivity index (χ0n) is 15.4. The molecular formula is C20H27N2O3+. The van der Waals surface area contributed by atoms with Gasteiger partial charge in [-0.2, -0.15) is 0 Å². The van der Waals surface area contributed by atoms with Crippen molar-refractivity contribution in [2.45, 2.75) is 13.3 Å². The van der Waals surface area contributed by atoms with Crippen LogP contribution in [-0.4, -0.2) is 40.3 Å². The Morgan fingerprint density at radius 3 is 2.36 bits per heavy atom. The summed E-state index contributed by atoms with van der Waals surface area (Å²) in [6.07, 6.45) is 0.865. The molecule has 2 aromatic carbocycles. The van der Waals surface area contributed by atoms with Crippen LogP contribution in [0.2, 0.25) is 0 Å². The number of rotatable bonds is 8. The maximum absolute atomic E-state index is 12.1. The van der Waals surface area contributed by atoms with Gasteiger partial charge in [0.1, 0.15) is 0 Å². The number of benzene rings is 2. The molecule has 0 bridgehead atoms. The second-order valence-electron chi connectivity index (χ2n) is 6.24. The molecule has 2 N–H and O–H groups in total. The van der Waals surface area contributed by atoms with E-state index in [0.29, 0.717) is 6.54 Å². The fraction of sp³-hybridized carbons (Fsp3) is 0.350. The first-order valence-corrected chi connectivity index (χ1v) is 8.40. The molecule has 0 saturated carbocycles. The molecule has 5 nitrogen and oxygen atoms in total. The highest BCUT2D eigenvalue weighted by Crippen LogP contribution is 2.27. The van der Waals surface area contributed by atoms with E-state index in [9.17, 15) is 4.79 Å². The SMILES string of the molecule is COc1ccc(CC[NH+](C)CC(=O)Nc2ccc(C)cc2)cc1OC. The number of amides is 1. The van der Waals surface area contributed by atoms with Gasteiger partial charge in [-0.1, -0.05) is 23.8 Å². The third-order valence-electron chi connectivity index (χ3n) is 4.09. The fourth-order valence-electron chi connectivity index (χ4n) is 2.60. The van der Waals surface area contributed by atoms with E-state index in [1.165, 1.54) is 5.56 Å². The highest BCUT2D eigenvalue weighted by Gasteiger charge is 2.11. The lowest BCUT2D eigenvalue weighted by atomic mass is 10.1. The van der Waals surface area contributed by atoms with Gasteiger partial charge < -0.3 is 19.7 Å². The lowest BCUT2D eigenvalue weighted by molar-refractivity contribution is -0.870. The van der Waals surface area contributed by atoms with Crippen LogP contribution in [0, 0.1) is 6.92 Å². The highest BCUT2D eigenvalue weighted by atomic mass is 16.5. The monoisotopic (exact) mass is 343 g/mol. The van der Waals surface area contributed by atoms with Crippen LogP contribution in [0.1, 0.15) is 11.1 Å². The number of carbonyl (C=O) groups is 1. The molecule has 0 fully saturated rings. The number of carbonyl (C=O) groups excluding carboxylic acids is 1. The van der Waals surface area contributed by atoms with Crippen molar-refractivity contribution < 1.29 is 19.2 Å². The van der Waals surface area contributed by atoms with Gasteiger partial charge in [0.25, 0.3) is 5.91 Å². The van der Waals surface area contributed by atoms with E-state index >= 15 is 0 Å². The summed E-state index contributed by atoms with van der Waals surface area (Å²) in [6, 6.07) is 13.7. The molecule has 2 aromatic rings. The Labute approximate surface area is 149 Å². The zero-order chi connectivity index (χ0) is 18.2. The van der Waals surface area contributed by atoms with Gasteiger partial charge in [0, 0.05) is 12.1 Å². The van der Waals surface area contributed by atoms with Crippen LogP contribution < -0.4 is 19.7 Å². The largest absolute Gasteiger partial charge is 0.493 e. The molecule has 2 rings (SSSR count). The van der Waals surface area contributed by atoms with Gasteiger partial charge in [0.2, 0.25) is 0 Å². The lowest BCUT2D eigenvalue weighted by Gasteiger charge is -2.15. The summed E-state index contributed by atoms with van der Waals surface area (Å²) in [7, 11) is 5.28. The molecule has 5 heteroatoms. The van der Waals surface area contributed by atoms with Gasteiger partial charge in [-0.3, -0.25) is 4.79 Å². The number of likely N-dealkylation sites (N-methyl/N-ethyl adjacent to an activating group) is 1. The van der Waals surface area contributed by atoms with Crippen molar-refractivity contribution >= 4 is 11.6 Å². The zero-order valence-corrected chi connectivity index (χ0v) is 15.4. The van der Waals surface area contributed by atoms with Gasteiger partial charge in [-0.15, -0.1) is 0 Å². The van der Waals surface area contributed by atoms with E-state index in [4.69, 9.17) is 9.47 Å². The minimum absolute atomic E-state index is 0.0219. The maximum Gasteiger partial charge on any atom is 0.279 e. The van der Waals surface area contributed by atoms with E-state index in [1.54, 1.807) is 14.2 Å². The van der Waals surface area contributed by atoms with Gasteiger partial charge >= 0.3 is 0 Å². The summed E-state index contributed by atoms with van der Waals surface area (Å²) in [4.78, 5) is 13.3. The van der Waals surface area contributed by atoms with Crippen LogP contribution in [-0.2, 0) is 11.2 Å². The van der Waals surface area contributed by atoms with E-state index < -0.39 is 0 Å². The molecule has 0 radical (unpaired) electrons. The molecule has 0 aliphatic rings. The highest BCUT2D eigenvalue weighted by molar-refractivity contribution is 5.91. The van der Waals surface area contributed by atoms with Crippen LogP contribution in [0.5, 0.6) is 11.5 Å².